The lowest BCUT2D eigenvalue weighted by Crippen LogP contribution is -2.52. The Morgan fingerprint density at radius 1 is 0.921 bits per heavy atom. The van der Waals surface area contributed by atoms with Crippen LogP contribution in [0.5, 0.6) is 11.5 Å². The van der Waals surface area contributed by atoms with E-state index < -0.39 is 35.7 Å². The van der Waals surface area contributed by atoms with Crippen molar-refractivity contribution in [3.8, 4) is 11.5 Å². The summed E-state index contributed by atoms with van der Waals surface area (Å²) in [6, 6.07) is 4.43. The molecular formula is C28H43NO9. The van der Waals surface area contributed by atoms with Crippen LogP contribution in [0.2, 0.25) is 0 Å². The minimum atomic E-state index is -1.82. The lowest BCUT2D eigenvalue weighted by Gasteiger charge is -2.28. The van der Waals surface area contributed by atoms with Crippen molar-refractivity contribution in [2.75, 3.05) is 6.61 Å². The Morgan fingerprint density at radius 3 is 1.92 bits per heavy atom. The molecule has 0 fully saturated rings. The number of carboxylic acids is 1. The Kier molecular flexibility index (Phi) is 11.8. The number of benzene rings is 1. The van der Waals surface area contributed by atoms with Gasteiger partial charge in [0.25, 0.3) is 0 Å². The number of aliphatic carboxylic acids is 1. The zero-order valence-corrected chi connectivity index (χ0v) is 23.8. The summed E-state index contributed by atoms with van der Waals surface area (Å²) in [5.74, 6) is -2.31. The molecule has 0 spiro atoms. The van der Waals surface area contributed by atoms with Crippen molar-refractivity contribution < 1.29 is 43.2 Å². The molecule has 2 atom stereocenters. The van der Waals surface area contributed by atoms with Crippen LogP contribution in [0, 0.1) is 10.8 Å². The summed E-state index contributed by atoms with van der Waals surface area (Å²) in [6.07, 6.45) is -1.28. The van der Waals surface area contributed by atoms with Crippen LogP contribution in [0.4, 0.5) is 4.79 Å². The Morgan fingerprint density at radius 2 is 1.45 bits per heavy atom. The highest BCUT2D eigenvalue weighted by atomic mass is 16.7. The monoisotopic (exact) mass is 537 g/mol. The molecule has 0 aliphatic heterocycles. The molecule has 0 aromatic heterocycles. The maximum atomic E-state index is 12.6. The summed E-state index contributed by atoms with van der Waals surface area (Å²) < 4.78 is 21.0. The van der Waals surface area contributed by atoms with Crippen molar-refractivity contribution >= 4 is 24.1 Å². The van der Waals surface area contributed by atoms with Gasteiger partial charge < -0.3 is 29.8 Å². The molecule has 3 N–H and O–H groups in total. The average molecular weight is 538 g/mol. The number of nitrogens with two attached hydrogens (primary N) is 1. The van der Waals surface area contributed by atoms with Gasteiger partial charge in [0, 0.05) is 12.8 Å². The van der Waals surface area contributed by atoms with Gasteiger partial charge >= 0.3 is 24.1 Å². The van der Waals surface area contributed by atoms with Crippen molar-refractivity contribution in [1.29, 1.82) is 0 Å². The molecule has 0 heterocycles. The molecule has 10 heteroatoms. The highest BCUT2D eigenvalue weighted by Crippen LogP contribution is 2.33. The van der Waals surface area contributed by atoms with E-state index in [0.717, 1.165) is 0 Å². The summed E-state index contributed by atoms with van der Waals surface area (Å²) in [5, 5.41) is 9.89. The first-order valence-corrected chi connectivity index (χ1v) is 12.7. The molecule has 1 aromatic rings. The highest BCUT2D eigenvalue weighted by molar-refractivity contribution is 5.80. The average Bonchev–Trinajstić information content (AvgIpc) is 2.71. The van der Waals surface area contributed by atoms with Crippen LogP contribution in [0.1, 0.15) is 86.6 Å². The number of carbonyl (C=O) groups excluding carboxylic acids is 3. The van der Waals surface area contributed by atoms with Crippen molar-refractivity contribution in [3.63, 3.8) is 0 Å². The van der Waals surface area contributed by atoms with Crippen LogP contribution < -0.4 is 15.2 Å². The standard InChI is InChI=1S/C28H43NO9/c1-9-12-35-25(34)36-18(2)14-28(29,24(32)33)15-19-10-11-20(37-22(30)16-26(3,4)5)21(13-19)38-23(31)17-27(6,7)8/h10-11,13,18H,9,12,14-17,29H2,1-8H3,(H,32,33)/t18-,28?/m0/s1. The van der Waals surface area contributed by atoms with Crippen LogP contribution in [0.25, 0.3) is 0 Å². The maximum absolute atomic E-state index is 12.6. The molecular weight excluding hydrogens is 494 g/mol. The molecule has 0 radical (unpaired) electrons. The molecule has 10 nitrogen and oxygen atoms in total. The van der Waals surface area contributed by atoms with E-state index in [4.69, 9.17) is 24.7 Å². The molecule has 0 bridgehead atoms. The van der Waals surface area contributed by atoms with E-state index in [0.29, 0.717) is 12.0 Å². The molecule has 0 saturated heterocycles. The quantitative estimate of drug-likeness (QED) is 0.274. The van der Waals surface area contributed by atoms with E-state index in [-0.39, 0.29) is 54.6 Å². The van der Waals surface area contributed by atoms with Crippen molar-refractivity contribution in [1.82, 2.24) is 0 Å². The number of esters is 2. The smallest absolute Gasteiger partial charge is 0.480 e. The molecule has 0 amide bonds. The van der Waals surface area contributed by atoms with Gasteiger partial charge in [-0.3, -0.25) is 14.4 Å². The minimum Gasteiger partial charge on any atom is -0.480 e. The lowest BCUT2D eigenvalue weighted by atomic mass is 9.86. The fraction of sp³-hybridized carbons (Fsp3) is 0.643. The van der Waals surface area contributed by atoms with Crippen molar-refractivity contribution in [2.45, 2.75) is 99.1 Å². The fourth-order valence-electron chi connectivity index (χ4n) is 3.55. The Hall–Kier alpha value is -3.14. The van der Waals surface area contributed by atoms with E-state index in [2.05, 4.69) is 0 Å². The number of rotatable bonds is 12. The molecule has 0 aliphatic rings. The second-order valence-electron chi connectivity index (χ2n) is 12.1. The summed E-state index contributed by atoms with van der Waals surface area (Å²) >= 11 is 0. The van der Waals surface area contributed by atoms with Gasteiger partial charge in [-0.25, -0.2) is 4.79 Å². The van der Waals surface area contributed by atoms with Gasteiger partial charge in [0.2, 0.25) is 0 Å². The van der Waals surface area contributed by atoms with Gasteiger partial charge in [-0.2, -0.15) is 0 Å². The second-order valence-corrected chi connectivity index (χ2v) is 12.1. The van der Waals surface area contributed by atoms with E-state index in [1.165, 1.54) is 19.1 Å². The van der Waals surface area contributed by atoms with E-state index in [9.17, 15) is 24.3 Å². The van der Waals surface area contributed by atoms with E-state index >= 15 is 0 Å². The molecule has 1 rings (SSSR count). The number of carboxylic acid groups (broad SMARTS) is 1. The van der Waals surface area contributed by atoms with Crippen LogP contribution in [0.3, 0.4) is 0 Å². The zero-order chi connectivity index (χ0) is 29.3. The predicted octanol–water partition coefficient (Wildman–Crippen LogP) is 5.04. The van der Waals surface area contributed by atoms with E-state index in [1.54, 1.807) is 6.07 Å². The molecule has 1 aromatic carbocycles. The highest BCUT2D eigenvalue weighted by Gasteiger charge is 2.37. The van der Waals surface area contributed by atoms with Gasteiger partial charge in [-0.05, 0) is 41.9 Å². The molecule has 0 aliphatic carbocycles. The van der Waals surface area contributed by atoms with Crippen LogP contribution in [0.15, 0.2) is 18.2 Å². The summed E-state index contributed by atoms with van der Waals surface area (Å²) in [7, 11) is 0. The molecule has 214 valence electrons. The van der Waals surface area contributed by atoms with Crippen LogP contribution in [-0.4, -0.2) is 47.4 Å². The first kappa shape index (κ1) is 32.9. The predicted molar refractivity (Wildman–Crippen MR) is 141 cm³/mol. The number of hydrogen-bond acceptors (Lipinski definition) is 9. The fourth-order valence-corrected chi connectivity index (χ4v) is 3.55. The number of hydrogen-bond donors (Lipinski definition) is 2. The first-order valence-electron chi connectivity index (χ1n) is 12.7. The zero-order valence-electron chi connectivity index (χ0n) is 23.8. The summed E-state index contributed by atoms with van der Waals surface area (Å²) in [6.45, 7) is 14.9. The third-order valence-electron chi connectivity index (χ3n) is 5.12. The topological polar surface area (TPSA) is 151 Å². The Balaban J connectivity index is 3.22. The Labute approximate surface area is 225 Å². The van der Waals surface area contributed by atoms with Crippen LogP contribution >= 0.6 is 0 Å². The summed E-state index contributed by atoms with van der Waals surface area (Å²) in [4.78, 5) is 48.9. The van der Waals surface area contributed by atoms with Gasteiger partial charge in [0.15, 0.2) is 11.5 Å². The first-order chi connectivity index (χ1) is 17.3. The molecule has 1 unspecified atom stereocenters. The normalized spacial score (nSPS) is 14.1. The third-order valence-corrected chi connectivity index (χ3v) is 5.12. The number of carbonyl (C=O) groups is 4. The molecule has 0 saturated carbocycles. The molecule has 38 heavy (non-hydrogen) atoms. The van der Waals surface area contributed by atoms with Crippen molar-refractivity contribution in [2.24, 2.45) is 16.6 Å². The minimum absolute atomic E-state index is 0.0146. The van der Waals surface area contributed by atoms with Gasteiger partial charge in [-0.1, -0.05) is 54.5 Å². The lowest BCUT2D eigenvalue weighted by molar-refractivity contribution is -0.144. The van der Waals surface area contributed by atoms with Gasteiger partial charge in [0.05, 0.1) is 19.4 Å². The van der Waals surface area contributed by atoms with Crippen LogP contribution in [-0.2, 0) is 30.3 Å². The second kappa shape index (κ2) is 13.6. The summed E-state index contributed by atoms with van der Waals surface area (Å²) in [5.41, 5.74) is 4.19. The maximum Gasteiger partial charge on any atom is 0.508 e. The van der Waals surface area contributed by atoms with Crippen molar-refractivity contribution in [3.05, 3.63) is 23.8 Å². The third kappa shape index (κ3) is 12.4. The Bertz CT molecular complexity index is 991. The van der Waals surface area contributed by atoms with Gasteiger partial charge in [-0.15, -0.1) is 0 Å². The van der Waals surface area contributed by atoms with Gasteiger partial charge in [0.1, 0.15) is 11.6 Å². The SMILES string of the molecule is CCCOC(=O)O[C@@H](C)CC(N)(Cc1ccc(OC(=O)CC(C)(C)C)c(OC(=O)CC(C)(C)C)c1)C(=O)O. The largest absolute Gasteiger partial charge is 0.508 e. The number of ether oxygens (including phenoxy) is 4. The van der Waals surface area contributed by atoms with E-state index in [1.807, 2.05) is 48.5 Å².